The van der Waals surface area contributed by atoms with Crippen molar-refractivity contribution in [3.63, 3.8) is 0 Å². The topological polar surface area (TPSA) is 82.6 Å². The van der Waals surface area contributed by atoms with Gasteiger partial charge in [-0.1, -0.05) is 32.0 Å². The van der Waals surface area contributed by atoms with Crippen molar-refractivity contribution in [2.24, 2.45) is 10.9 Å². The van der Waals surface area contributed by atoms with E-state index in [1.807, 2.05) is 30.3 Å². The molecule has 0 bridgehead atoms. The molecule has 25 heavy (non-hydrogen) atoms. The van der Waals surface area contributed by atoms with Crippen molar-refractivity contribution in [2.45, 2.75) is 32.4 Å². The summed E-state index contributed by atoms with van der Waals surface area (Å²) in [6, 6.07) is 10.3. The largest absolute Gasteiger partial charge is 0.380 e. The summed E-state index contributed by atoms with van der Waals surface area (Å²) in [4.78, 5) is 4.21. The molecule has 1 saturated heterocycles. The van der Waals surface area contributed by atoms with E-state index >= 15 is 0 Å². The van der Waals surface area contributed by atoms with E-state index in [1.54, 1.807) is 7.05 Å². The van der Waals surface area contributed by atoms with Crippen LogP contribution in [0.15, 0.2) is 35.3 Å². The molecule has 0 saturated carbocycles. The molecule has 0 aliphatic carbocycles. The third kappa shape index (κ3) is 7.39. The van der Waals surface area contributed by atoms with Gasteiger partial charge in [0, 0.05) is 31.4 Å². The summed E-state index contributed by atoms with van der Waals surface area (Å²) in [5, 5.41) is 10.0. The Morgan fingerprint density at radius 2 is 1.96 bits per heavy atom. The number of anilines is 1. The van der Waals surface area contributed by atoms with Crippen molar-refractivity contribution in [3.8, 4) is 0 Å². The number of nitrogens with one attached hydrogen (secondary N) is 3. The van der Waals surface area contributed by atoms with Gasteiger partial charge in [-0.2, -0.15) is 0 Å². The first-order valence-electron chi connectivity index (χ1n) is 8.39. The molecule has 8 heteroatoms. The molecule has 0 amide bonds. The molecule has 1 aromatic carbocycles. The second-order valence-corrected chi connectivity index (χ2v) is 8.79. The van der Waals surface area contributed by atoms with Crippen LogP contribution >= 0.6 is 24.0 Å². The number of hydrogen-bond donors (Lipinski definition) is 3. The van der Waals surface area contributed by atoms with Crippen LogP contribution in [0.3, 0.4) is 0 Å². The number of hydrogen-bond acceptors (Lipinski definition) is 4. The Balaban J connectivity index is 0.00000312. The minimum absolute atomic E-state index is 0. The fourth-order valence-electron chi connectivity index (χ4n) is 2.71. The molecule has 1 fully saturated rings. The first-order valence-corrected chi connectivity index (χ1v) is 10.2. The highest BCUT2D eigenvalue weighted by Gasteiger charge is 2.28. The Bertz CT molecular complexity index is 650. The van der Waals surface area contributed by atoms with Crippen LogP contribution in [0.5, 0.6) is 0 Å². The van der Waals surface area contributed by atoms with Crippen molar-refractivity contribution in [1.82, 2.24) is 10.6 Å². The van der Waals surface area contributed by atoms with E-state index in [1.165, 1.54) is 0 Å². The number of guanidine groups is 1. The lowest BCUT2D eigenvalue weighted by Gasteiger charge is -2.25. The fourth-order valence-corrected chi connectivity index (χ4v) is 4.38. The molecule has 0 spiro atoms. The van der Waals surface area contributed by atoms with Crippen LogP contribution in [0.2, 0.25) is 0 Å². The molecule has 1 aliphatic heterocycles. The number of sulfone groups is 1. The maximum atomic E-state index is 11.6. The summed E-state index contributed by atoms with van der Waals surface area (Å²) in [5.41, 5.74) is 1.09. The molecule has 2 rings (SSSR count). The molecule has 3 N–H and O–H groups in total. The lowest BCUT2D eigenvalue weighted by Crippen LogP contribution is -2.48. The predicted octanol–water partition coefficient (Wildman–Crippen LogP) is 2.09. The van der Waals surface area contributed by atoms with E-state index in [4.69, 9.17) is 0 Å². The Hall–Kier alpha value is -1.03. The van der Waals surface area contributed by atoms with Gasteiger partial charge in [-0.3, -0.25) is 4.99 Å². The molecule has 142 valence electrons. The van der Waals surface area contributed by atoms with Gasteiger partial charge in [0.2, 0.25) is 0 Å². The number of halogens is 1. The van der Waals surface area contributed by atoms with Crippen molar-refractivity contribution >= 4 is 45.5 Å². The first kappa shape index (κ1) is 22.0. The Kier molecular flexibility index (Phi) is 8.98. The second-order valence-electron chi connectivity index (χ2n) is 6.56. The number of rotatable bonds is 6. The number of nitrogens with zero attached hydrogens (tertiary/aromatic N) is 1. The minimum atomic E-state index is -2.89. The molecule has 1 heterocycles. The van der Waals surface area contributed by atoms with Crippen molar-refractivity contribution in [3.05, 3.63) is 30.3 Å². The van der Waals surface area contributed by atoms with E-state index in [9.17, 15) is 8.42 Å². The molecule has 1 aliphatic rings. The summed E-state index contributed by atoms with van der Waals surface area (Å²) in [5.74, 6) is 1.52. The average Bonchev–Trinajstić information content (AvgIpc) is 2.89. The van der Waals surface area contributed by atoms with Crippen molar-refractivity contribution in [1.29, 1.82) is 0 Å². The summed E-state index contributed by atoms with van der Waals surface area (Å²) in [6.45, 7) is 5.04. The van der Waals surface area contributed by atoms with Gasteiger partial charge in [-0.05, 0) is 24.5 Å². The maximum absolute atomic E-state index is 11.6. The first-order chi connectivity index (χ1) is 11.4. The van der Waals surface area contributed by atoms with Gasteiger partial charge in [0.1, 0.15) is 0 Å². The average molecular weight is 480 g/mol. The molecule has 0 radical (unpaired) electrons. The van der Waals surface area contributed by atoms with Gasteiger partial charge >= 0.3 is 0 Å². The third-order valence-corrected chi connectivity index (χ3v) is 5.98. The van der Waals surface area contributed by atoms with Crippen LogP contribution < -0.4 is 16.0 Å². The summed E-state index contributed by atoms with van der Waals surface area (Å²) in [7, 11) is -1.19. The zero-order valence-electron chi connectivity index (χ0n) is 15.0. The summed E-state index contributed by atoms with van der Waals surface area (Å²) in [6.07, 6.45) is 0.638. The standard InChI is InChI=1S/C17H28N4O2S.HI/c1-13(2)16(20-14-7-5-4-6-8-14)11-19-17(18-3)21-15-9-10-24(22,23)12-15;/h4-8,13,15-16,20H,9-12H2,1-3H3,(H2,18,19,21);1H. The van der Waals surface area contributed by atoms with E-state index < -0.39 is 9.84 Å². The SMILES string of the molecule is CN=C(NCC(Nc1ccccc1)C(C)C)NC1CCS(=O)(=O)C1.I. The molecule has 2 unspecified atom stereocenters. The van der Waals surface area contributed by atoms with Gasteiger partial charge in [0.05, 0.1) is 11.5 Å². The van der Waals surface area contributed by atoms with Crippen molar-refractivity contribution in [2.75, 3.05) is 30.4 Å². The van der Waals surface area contributed by atoms with Gasteiger partial charge in [0.25, 0.3) is 0 Å². The van der Waals surface area contributed by atoms with E-state index in [2.05, 4.69) is 34.8 Å². The van der Waals surface area contributed by atoms with E-state index in [-0.39, 0.29) is 47.6 Å². The molecule has 1 aromatic rings. The number of benzene rings is 1. The fraction of sp³-hybridized carbons (Fsp3) is 0.588. The van der Waals surface area contributed by atoms with Crippen LogP contribution in [-0.4, -0.2) is 51.6 Å². The Labute approximate surface area is 168 Å². The van der Waals surface area contributed by atoms with Gasteiger partial charge in [-0.15, -0.1) is 24.0 Å². The minimum Gasteiger partial charge on any atom is -0.380 e. The second kappa shape index (κ2) is 10.2. The highest BCUT2D eigenvalue weighted by molar-refractivity contribution is 14.0. The Morgan fingerprint density at radius 1 is 1.28 bits per heavy atom. The lowest BCUT2D eigenvalue weighted by atomic mass is 10.0. The summed E-state index contributed by atoms with van der Waals surface area (Å²) < 4.78 is 23.1. The van der Waals surface area contributed by atoms with Crippen LogP contribution in [0.25, 0.3) is 0 Å². The molecule has 6 nitrogen and oxygen atoms in total. The highest BCUT2D eigenvalue weighted by Crippen LogP contribution is 2.13. The normalized spacial score (nSPS) is 20.6. The lowest BCUT2D eigenvalue weighted by molar-refractivity contribution is 0.510. The zero-order chi connectivity index (χ0) is 17.6. The van der Waals surface area contributed by atoms with Crippen LogP contribution in [0.1, 0.15) is 20.3 Å². The highest BCUT2D eigenvalue weighted by atomic mass is 127. The van der Waals surface area contributed by atoms with E-state index in [0.717, 1.165) is 5.69 Å². The molecule has 0 aromatic heterocycles. The number of aliphatic imine (C=N–C) groups is 1. The maximum Gasteiger partial charge on any atom is 0.191 e. The monoisotopic (exact) mass is 480 g/mol. The third-order valence-electron chi connectivity index (χ3n) is 4.22. The molecular weight excluding hydrogens is 451 g/mol. The predicted molar refractivity (Wildman–Crippen MR) is 116 cm³/mol. The summed E-state index contributed by atoms with van der Waals surface area (Å²) >= 11 is 0. The quantitative estimate of drug-likeness (QED) is 0.330. The Morgan fingerprint density at radius 3 is 2.48 bits per heavy atom. The van der Waals surface area contributed by atoms with Crippen LogP contribution in [-0.2, 0) is 9.84 Å². The number of para-hydroxylation sites is 1. The smallest absolute Gasteiger partial charge is 0.191 e. The van der Waals surface area contributed by atoms with Crippen LogP contribution in [0.4, 0.5) is 5.69 Å². The molecular formula is C17H29IN4O2S. The van der Waals surface area contributed by atoms with Crippen molar-refractivity contribution < 1.29 is 8.42 Å². The van der Waals surface area contributed by atoms with Gasteiger partial charge < -0.3 is 16.0 Å². The van der Waals surface area contributed by atoms with Crippen LogP contribution in [0, 0.1) is 5.92 Å². The zero-order valence-corrected chi connectivity index (χ0v) is 18.2. The van der Waals surface area contributed by atoms with Gasteiger partial charge in [-0.25, -0.2) is 8.42 Å². The van der Waals surface area contributed by atoms with E-state index in [0.29, 0.717) is 24.8 Å². The van der Waals surface area contributed by atoms with Gasteiger partial charge in [0.15, 0.2) is 15.8 Å². The molecule has 2 atom stereocenters.